The van der Waals surface area contributed by atoms with Crippen molar-refractivity contribution in [2.75, 3.05) is 14.1 Å². The second-order valence-electron chi connectivity index (χ2n) is 6.52. The predicted octanol–water partition coefficient (Wildman–Crippen LogP) is 2.72. The van der Waals surface area contributed by atoms with E-state index >= 15 is 0 Å². The Bertz CT molecular complexity index is 681. The highest BCUT2D eigenvalue weighted by Crippen LogP contribution is 2.22. The van der Waals surface area contributed by atoms with Crippen LogP contribution in [0.2, 0.25) is 0 Å². The monoisotopic (exact) mass is 340 g/mol. The van der Waals surface area contributed by atoms with Gasteiger partial charge in [-0.1, -0.05) is 13.8 Å². The summed E-state index contributed by atoms with van der Waals surface area (Å²) in [4.78, 5) is 14.6. The third kappa shape index (κ3) is 4.54. The number of hydrogen-bond acceptors (Lipinski definition) is 3. The molecule has 1 amide bonds. The van der Waals surface area contributed by atoms with Crippen LogP contribution < -0.4 is 4.72 Å². The van der Waals surface area contributed by atoms with E-state index in [1.165, 1.54) is 13.1 Å². The molecular formula is C17H28N2O3S. The first-order chi connectivity index (χ1) is 10.5. The first kappa shape index (κ1) is 19.6. The molecular weight excluding hydrogens is 312 g/mol. The predicted molar refractivity (Wildman–Crippen MR) is 93.2 cm³/mol. The molecule has 0 bridgehead atoms. The third-order valence-corrected chi connectivity index (χ3v) is 5.76. The minimum atomic E-state index is -3.59. The molecule has 0 aromatic heterocycles. The number of carbonyl (C=O) groups excluding carboxylic acids is 1. The van der Waals surface area contributed by atoms with Crippen LogP contribution >= 0.6 is 0 Å². The maximum absolute atomic E-state index is 12.7. The SMILES string of the molecule is CNS(=O)(=O)c1cc(C(=O)N(C)[C@@H](C)CC(C)C)cc(C)c1C. The number of nitrogens with one attached hydrogen (secondary N) is 1. The van der Waals surface area contributed by atoms with Crippen molar-refractivity contribution in [1.82, 2.24) is 9.62 Å². The number of aryl methyl sites for hydroxylation is 1. The van der Waals surface area contributed by atoms with Crippen LogP contribution in [0.25, 0.3) is 0 Å². The minimum absolute atomic E-state index is 0.0912. The highest BCUT2D eigenvalue weighted by molar-refractivity contribution is 7.89. The van der Waals surface area contributed by atoms with Crippen LogP contribution in [-0.4, -0.2) is 39.4 Å². The van der Waals surface area contributed by atoms with Crippen LogP contribution in [0.5, 0.6) is 0 Å². The average Bonchev–Trinajstić information content (AvgIpc) is 2.47. The number of amides is 1. The number of nitrogens with zero attached hydrogens (tertiary/aromatic N) is 1. The van der Waals surface area contributed by atoms with E-state index in [1.54, 1.807) is 24.9 Å². The molecule has 1 atom stereocenters. The molecule has 23 heavy (non-hydrogen) atoms. The van der Waals surface area contributed by atoms with Gasteiger partial charge in [-0.15, -0.1) is 0 Å². The maximum Gasteiger partial charge on any atom is 0.253 e. The fraction of sp³-hybridized carbons (Fsp3) is 0.588. The van der Waals surface area contributed by atoms with Gasteiger partial charge >= 0.3 is 0 Å². The summed E-state index contributed by atoms with van der Waals surface area (Å²) in [5.41, 5.74) is 1.85. The van der Waals surface area contributed by atoms with Gasteiger partial charge in [0.25, 0.3) is 5.91 Å². The summed E-state index contributed by atoms with van der Waals surface area (Å²) in [7, 11) is -0.462. The summed E-state index contributed by atoms with van der Waals surface area (Å²) >= 11 is 0. The fourth-order valence-electron chi connectivity index (χ4n) is 2.58. The molecule has 0 aliphatic heterocycles. The standard InChI is InChI=1S/C17H28N2O3S/c1-11(2)8-13(4)19(7)17(20)15-9-12(3)14(5)16(10-15)23(21,22)18-6/h9-11,13,18H,8H2,1-7H3/t13-/m0/s1. The second-order valence-corrected chi connectivity index (χ2v) is 8.37. The Kier molecular flexibility index (Phi) is 6.36. The van der Waals surface area contributed by atoms with Gasteiger partial charge in [0, 0.05) is 18.7 Å². The molecule has 0 saturated heterocycles. The zero-order valence-corrected chi connectivity index (χ0v) is 15.9. The van der Waals surface area contributed by atoms with Gasteiger partial charge in [0.2, 0.25) is 10.0 Å². The van der Waals surface area contributed by atoms with Gasteiger partial charge in [0.05, 0.1) is 4.90 Å². The molecule has 1 rings (SSSR count). The molecule has 0 fully saturated rings. The van der Waals surface area contributed by atoms with Crippen molar-refractivity contribution in [2.24, 2.45) is 5.92 Å². The zero-order valence-electron chi connectivity index (χ0n) is 15.1. The van der Waals surface area contributed by atoms with Crippen molar-refractivity contribution in [1.29, 1.82) is 0 Å². The van der Waals surface area contributed by atoms with E-state index < -0.39 is 10.0 Å². The van der Waals surface area contributed by atoms with Crippen molar-refractivity contribution < 1.29 is 13.2 Å². The molecule has 1 N–H and O–H groups in total. The molecule has 0 unspecified atom stereocenters. The van der Waals surface area contributed by atoms with Crippen LogP contribution in [0.1, 0.15) is 48.7 Å². The quantitative estimate of drug-likeness (QED) is 0.866. The first-order valence-corrected chi connectivity index (χ1v) is 9.31. The van der Waals surface area contributed by atoms with E-state index in [-0.39, 0.29) is 16.8 Å². The molecule has 1 aromatic carbocycles. The van der Waals surface area contributed by atoms with Crippen LogP contribution in [-0.2, 0) is 10.0 Å². The van der Waals surface area contributed by atoms with Crippen LogP contribution in [0.15, 0.2) is 17.0 Å². The van der Waals surface area contributed by atoms with Crippen LogP contribution in [0.3, 0.4) is 0 Å². The highest BCUT2D eigenvalue weighted by Gasteiger charge is 2.23. The summed E-state index contributed by atoms with van der Waals surface area (Å²) in [5.74, 6) is 0.328. The van der Waals surface area contributed by atoms with Crippen molar-refractivity contribution >= 4 is 15.9 Å². The molecule has 0 heterocycles. The molecule has 5 nitrogen and oxygen atoms in total. The molecule has 0 aliphatic carbocycles. The number of benzene rings is 1. The second kappa shape index (κ2) is 7.45. The van der Waals surface area contributed by atoms with Crippen molar-refractivity contribution in [3.63, 3.8) is 0 Å². The average molecular weight is 340 g/mol. The number of sulfonamides is 1. The minimum Gasteiger partial charge on any atom is -0.339 e. The summed E-state index contributed by atoms with van der Waals surface area (Å²) < 4.78 is 26.6. The maximum atomic E-state index is 12.7. The van der Waals surface area contributed by atoms with Gasteiger partial charge in [0.1, 0.15) is 0 Å². The Labute approximate surface area is 140 Å². The van der Waals surface area contributed by atoms with E-state index in [1.807, 2.05) is 13.8 Å². The van der Waals surface area contributed by atoms with Gasteiger partial charge in [0.15, 0.2) is 0 Å². The van der Waals surface area contributed by atoms with Gasteiger partial charge in [-0.2, -0.15) is 0 Å². The van der Waals surface area contributed by atoms with E-state index in [0.29, 0.717) is 17.0 Å². The number of rotatable bonds is 6. The van der Waals surface area contributed by atoms with Gasteiger partial charge in [-0.3, -0.25) is 4.79 Å². The fourth-order valence-corrected chi connectivity index (χ4v) is 3.65. The Balaban J connectivity index is 3.26. The van der Waals surface area contributed by atoms with E-state index in [9.17, 15) is 13.2 Å². The van der Waals surface area contributed by atoms with Crippen LogP contribution in [0, 0.1) is 19.8 Å². The topological polar surface area (TPSA) is 66.5 Å². The molecule has 0 spiro atoms. The zero-order chi connectivity index (χ0) is 17.9. The molecule has 0 saturated carbocycles. The van der Waals surface area contributed by atoms with E-state index in [0.717, 1.165) is 12.0 Å². The largest absolute Gasteiger partial charge is 0.339 e. The Morgan fingerprint density at radius 2 is 1.78 bits per heavy atom. The first-order valence-electron chi connectivity index (χ1n) is 7.83. The smallest absolute Gasteiger partial charge is 0.253 e. The molecule has 1 aromatic rings. The lowest BCUT2D eigenvalue weighted by Crippen LogP contribution is -2.36. The number of carbonyl (C=O) groups is 1. The normalized spacial score (nSPS) is 13.2. The van der Waals surface area contributed by atoms with Crippen LogP contribution in [0.4, 0.5) is 0 Å². The molecule has 6 heteroatoms. The van der Waals surface area contributed by atoms with E-state index in [2.05, 4.69) is 18.6 Å². The Morgan fingerprint density at radius 3 is 2.26 bits per heavy atom. The molecule has 0 aliphatic rings. The van der Waals surface area contributed by atoms with Gasteiger partial charge in [-0.05, 0) is 63.4 Å². The number of hydrogen-bond donors (Lipinski definition) is 1. The van der Waals surface area contributed by atoms with E-state index in [4.69, 9.17) is 0 Å². The molecule has 0 radical (unpaired) electrons. The third-order valence-electron chi connectivity index (χ3n) is 4.22. The van der Waals surface area contributed by atoms with Crippen molar-refractivity contribution in [2.45, 2.75) is 52.0 Å². The summed E-state index contributed by atoms with van der Waals surface area (Å²) in [6.45, 7) is 9.80. The lowest BCUT2D eigenvalue weighted by atomic mass is 10.0. The summed E-state index contributed by atoms with van der Waals surface area (Å²) in [6, 6.07) is 3.31. The van der Waals surface area contributed by atoms with Gasteiger partial charge < -0.3 is 4.90 Å². The lowest BCUT2D eigenvalue weighted by molar-refractivity contribution is 0.0728. The highest BCUT2D eigenvalue weighted by atomic mass is 32.2. The Hall–Kier alpha value is -1.40. The molecule has 130 valence electrons. The van der Waals surface area contributed by atoms with Gasteiger partial charge in [-0.25, -0.2) is 13.1 Å². The lowest BCUT2D eigenvalue weighted by Gasteiger charge is -2.27. The Morgan fingerprint density at radius 1 is 1.22 bits per heavy atom. The van der Waals surface area contributed by atoms with Crippen molar-refractivity contribution in [3.05, 3.63) is 28.8 Å². The summed E-state index contributed by atoms with van der Waals surface area (Å²) in [6.07, 6.45) is 0.898. The summed E-state index contributed by atoms with van der Waals surface area (Å²) in [5, 5.41) is 0. The van der Waals surface area contributed by atoms with Crippen molar-refractivity contribution in [3.8, 4) is 0 Å².